The minimum Gasteiger partial charge on any atom is -0.445 e. The zero-order chi connectivity index (χ0) is 22.7. The summed E-state index contributed by atoms with van der Waals surface area (Å²) < 4.78 is 6.70. The Morgan fingerprint density at radius 3 is 2.31 bits per heavy atom. The summed E-state index contributed by atoms with van der Waals surface area (Å²) in [7, 11) is 0. The van der Waals surface area contributed by atoms with Crippen molar-refractivity contribution in [2.24, 2.45) is 0 Å². The molecule has 0 saturated heterocycles. The number of fused-ring (bicyclic) bond motifs is 1. The monoisotopic (exact) mass is 540 g/mol. The van der Waals surface area contributed by atoms with E-state index in [1.54, 1.807) is 0 Å². The Labute approximate surface area is 201 Å². The zero-order valence-electron chi connectivity index (χ0n) is 18.1. The number of benzene rings is 3. The maximum Gasteiger partial charge on any atom is 0.411 e. The number of anilines is 1. The highest BCUT2D eigenvalue weighted by Gasteiger charge is 2.36. The van der Waals surface area contributed by atoms with Gasteiger partial charge >= 0.3 is 6.09 Å². The second kappa shape index (κ2) is 9.73. The average molecular weight is 540 g/mol. The first-order valence-corrected chi connectivity index (χ1v) is 11.6. The highest BCUT2D eigenvalue weighted by molar-refractivity contribution is 14.1. The molecule has 5 nitrogen and oxygen atoms in total. The Hall–Kier alpha value is -2.87. The first-order valence-electron chi connectivity index (χ1n) is 10.5. The number of amides is 2. The molecule has 3 aromatic rings. The third kappa shape index (κ3) is 4.96. The summed E-state index contributed by atoms with van der Waals surface area (Å²) in [5.74, 6) is -0.205. The van der Waals surface area contributed by atoms with Crippen molar-refractivity contribution in [3.63, 3.8) is 0 Å². The van der Waals surface area contributed by atoms with Gasteiger partial charge in [-0.1, -0.05) is 54.6 Å². The Bertz CT molecular complexity index is 1120. The summed E-state index contributed by atoms with van der Waals surface area (Å²) in [5.41, 5.74) is 5.82. The highest BCUT2D eigenvalue weighted by atomic mass is 127. The fraction of sp³-hybridized carbons (Fsp3) is 0.231. The molecule has 0 unspecified atom stereocenters. The third-order valence-corrected chi connectivity index (χ3v) is 6.36. The van der Waals surface area contributed by atoms with Gasteiger partial charge in [0.05, 0.1) is 6.54 Å². The molecule has 0 spiro atoms. The van der Waals surface area contributed by atoms with E-state index in [1.165, 1.54) is 4.90 Å². The van der Waals surface area contributed by atoms with Gasteiger partial charge in [0, 0.05) is 15.7 Å². The van der Waals surface area contributed by atoms with Crippen molar-refractivity contribution in [3.05, 3.63) is 98.1 Å². The Morgan fingerprint density at radius 1 is 1.00 bits per heavy atom. The van der Waals surface area contributed by atoms with Crippen molar-refractivity contribution < 1.29 is 14.3 Å². The van der Waals surface area contributed by atoms with Crippen molar-refractivity contribution in [1.29, 1.82) is 0 Å². The SMILES string of the molecule is Cc1cc(I)cc(C)c1NC(=O)[C@H]1Cc2ccccc2CN1C(=O)OCc1ccccc1. The number of aryl methyl sites for hydroxylation is 2. The van der Waals surface area contributed by atoms with Crippen molar-refractivity contribution in [2.45, 2.75) is 39.5 Å². The topological polar surface area (TPSA) is 58.6 Å². The Balaban J connectivity index is 1.57. The number of hydrogen-bond donors (Lipinski definition) is 1. The number of ether oxygens (including phenoxy) is 1. The van der Waals surface area contributed by atoms with E-state index in [2.05, 4.69) is 27.9 Å². The summed E-state index contributed by atoms with van der Waals surface area (Å²) in [4.78, 5) is 28.0. The van der Waals surface area contributed by atoms with Crippen molar-refractivity contribution in [1.82, 2.24) is 4.90 Å². The Morgan fingerprint density at radius 2 is 1.62 bits per heavy atom. The molecule has 1 N–H and O–H groups in total. The van der Waals surface area contributed by atoms with Crippen molar-refractivity contribution in [3.8, 4) is 0 Å². The summed E-state index contributed by atoms with van der Waals surface area (Å²) >= 11 is 2.27. The minimum atomic E-state index is -0.647. The molecule has 0 fully saturated rings. The molecule has 0 aromatic heterocycles. The summed E-state index contributed by atoms with van der Waals surface area (Å²) in [6, 6.07) is 20.9. The number of nitrogens with one attached hydrogen (secondary N) is 1. The molecular weight excluding hydrogens is 515 g/mol. The number of carbonyl (C=O) groups excluding carboxylic acids is 2. The van der Waals surface area contributed by atoms with E-state index in [4.69, 9.17) is 4.74 Å². The quantitative estimate of drug-likeness (QED) is 0.438. The normalized spacial score (nSPS) is 15.1. The van der Waals surface area contributed by atoms with Crippen LogP contribution in [0.4, 0.5) is 10.5 Å². The summed E-state index contributed by atoms with van der Waals surface area (Å²) in [6.07, 6.45) is -0.0372. The largest absolute Gasteiger partial charge is 0.445 e. The lowest BCUT2D eigenvalue weighted by molar-refractivity contribution is -0.121. The van der Waals surface area contributed by atoms with E-state index in [0.29, 0.717) is 13.0 Å². The summed E-state index contributed by atoms with van der Waals surface area (Å²) in [5, 5.41) is 3.07. The molecule has 1 heterocycles. The third-order valence-electron chi connectivity index (χ3n) is 5.74. The van der Waals surface area contributed by atoms with Gasteiger partial charge < -0.3 is 10.1 Å². The van der Waals surface area contributed by atoms with Gasteiger partial charge in [-0.3, -0.25) is 9.69 Å². The molecule has 1 aliphatic heterocycles. The van der Waals surface area contributed by atoms with Crippen LogP contribution in [0.2, 0.25) is 0 Å². The van der Waals surface area contributed by atoms with Crippen LogP contribution in [0, 0.1) is 17.4 Å². The number of hydrogen-bond acceptors (Lipinski definition) is 3. The number of halogens is 1. The fourth-order valence-corrected chi connectivity index (χ4v) is 5.00. The molecular formula is C26H25IN2O3. The first kappa shape index (κ1) is 22.3. The van der Waals surface area contributed by atoms with Crippen LogP contribution in [0.25, 0.3) is 0 Å². The molecule has 4 rings (SSSR count). The van der Waals surface area contributed by atoms with E-state index >= 15 is 0 Å². The smallest absolute Gasteiger partial charge is 0.411 e. The zero-order valence-corrected chi connectivity index (χ0v) is 20.3. The molecule has 0 saturated carbocycles. The van der Waals surface area contributed by atoms with Crippen LogP contribution < -0.4 is 5.32 Å². The lowest BCUT2D eigenvalue weighted by Gasteiger charge is -2.35. The van der Waals surface area contributed by atoms with Gasteiger partial charge in [0.15, 0.2) is 0 Å². The lowest BCUT2D eigenvalue weighted by Crippen LogP contribution is -2.50. The molecule has 0 radical (unpaired) electrons. The highest BCUT2D eigenvalue weighted by Crippen LogP contribution is 2.27. The number of carbonyl (C=O) groups is 2. The first-order chi connectivity index (χ1) is 15.4. The van der Waals surface area contributed by atoms with Gasteiger partial charge in [-0.25, -0.2) is 4.79 Å². The van der Waals surface area contributed by atoms with E-state index in [1.807, 2.05) is 80.6 Å². The molecule has 2 amide bonds. The van der Waals surface area contributed by atoms with Gasteiger partial charge in [0.25, 0.3) is 0 Å². The van der Waals surface area contributed by atoms with Crippen LogP contribution >= 0.6 is 22.6 Å². The van der Waals surface area contributed by atoms with Gasteiger partial charge in [-0.15, -0.1) is 0 Å². The molecule has 0 bridgehead atoms. The maximum atomic E-state index is 13.4. The molecule has 1 aliphatic rings. The van der Waals surface area contributed by atoms with Crippen LogP contribution in [0.3, 0.4) is 0 Å². The predicted octanol–water partition coefficient (Wildman–Crippen LogP) is 5.61. The van der Waals surface area contributed by atoms with Crippen LogP contribution in [-0.4, -0.2) is 22.9 Å². The van der Waals surface area contributed by atoms with Crippen LogP contribution in [0.15, 0.2) is 66.7 Å². The fourth-order valence-electron chi connectivity index (χ4n) is 4.07. The van der Waals surface area contributed by atoms with Gasteiger partial charge in [-0.2, -0.15) is 0 Å². The van der Waals surface area contributed by atoms with Crippen molar-refractivity contribution in [2.75, 3.05) is 5.32 Å². The van der Waals surface area contributed by atoms with Gasteiger partial charge in [0.2, 0.25) is 5.91 Å². The van der Waals surface area contributed by atoms with Gasteiger partial charge in [-0.05, 0) is 76.4 Å². The summed E-state index contributed by atoms with van der Waals surface area (Å²) in [6.45, 7) is 4.47. The minimum absolute atomic E-state index is 0.168. The molecule has 32 heavy (non-hydrogen) atoms. The molecule has 0 aliphatic carbocycles. The molecule has 3 aromatic carbocycles. The van der Waals surface area contributed by atoms with E-state index in [9.17, 15) is 9.59 Å². The van der Waals surface area contributed by atoms with Crippen LogP contribution in [-0.2, 0) is 29.1 Å². The second-order valence-corrected chi connectivity index (χ2v) is 9.31. The van der Waals surface area contributed by atoms with E-state index in [-0.39, 0.29) is 12.5 Å². The number of nitrogens with zero attached hydrogens (tertiary/aromatic N) is 1. The predicted molar refractivity (Wildman–Crippen MR) is 133 cm³/mol. The van der Waals surface area contributed by atoms with E-state index < -0.39 is 12.1 Å². The maximum absolute atomic E-state index is 13.4. The van der Waals surface area contributed by atoms with E-state index in [0.717, 1.165) is 37.1 Å². The molecule has 164 valence electrons. The van der Waals surface area contributed by atoms with Crippen molar-refractivity contribution >= 4 is 40.3 Å². The second-order valence-electron chi connectivity index (χ2n) is 8.06. The van der Waals surface area contributed by atoms with Gasteiger partial charge in [0.1, 0.15) is 12.6 Å². The van der Waals surface area contributed by atoms with Crippen LogP contribution in [0.1, 0.15) is 27.8 Å². The standard InChI is InChI=1S/C26H25IN2O3/c1-17-12-22(27)13-18(2)24(17)28-25(30)23-14-20-10-6-7-11-21(20)15-29(23)26(31)32-16-19-8-4-3-5-9-19/h3-13,23H,14-16H2,1-2H3,(H,28,30)/t23-/m1/s1. The lowest BCUT2D eigenvalue weighted by atomic mass is 9.93. The molecule has 1 atom stereocenters. The van der Waals surface area contributed by atoms with Crippen LogP contribution in [0.5, 0.6) is 0 Å². The molecule has 6 heteroatoms. The number of rotatable bonds is 4. The average Bonchev–Trinajstić information content (AvgIpc) is 2.79. The Kier molecular flexibility index (Phi) is 6.79.